The lowest BCUT2D eigenvalue weighted by Gasteiger charge is -2.31. The van der Waals surface area contributed by atoms with Crippen LogP contribution in [0.2, 0.25) is 0 Å². The minimum atomic E-state index is -4.25. The van der Waals surface area contributed by atoms with Gasteiger partial charge in [0.05, 0.1) is 16.9 Å². The van der Waals surface area contributed by atoms with Crippen molar-refractivity contribution in [1.29, 1.82) is 0 Å². The Balaban J connectivity index is 1.69. The molecule has 3 aromatic rings. The molecule has 11 nitrogen and oxygen atoms in total. The minimum Gasteiger partial charge on any atom is -0.384 e. The van der Waals surface area contributed by atoms with Crippen LogP contribution >= 0.6 is 0 Å². The number of hydrogen-bond donors (Lipinski definition) is 4. The van der Waals surface area contributed by atoms with Crippen molar-refractivity contribution in [3.63, 3.8) is 0 Å². The second kappa shape index (κ2) is 10.8. The van der Waals surface area contributed by atoms with E-state index in [4.69, 9.17) is 16.5 Å². The lowest BCUT2D eigenvalue weighted by Crippen LogP contribution is -2.49. The van der Waals surface area contributed by atoms with E-state index in [0.29, 0.717) is 17.3 Å². The van der Waals surface area contributed by atoms with Crippen LogP contribution in [0.3, 0.4) is 0 Å². The fraction of sp³-hybridized carbons (Fsp3) is 0.407. The zero-order valence-electron chi connectivity index (χ0n) is 22.8. The number of carbonyl (C=O) groups excluding carboxylic acids is 1. The second-order valence-electron chi connectivity index (χ2n) is 10.6. The highest BCUT2D eigenvalue weighted by molar-refractivity contribution is 7.90. The van der Waals surface area contributed by atoms with E-state index in [9.17, 15) is 13.2 Å². The molecule has 39 heavy (non-hydrogen) atoms. The van der Waals surface area contributed by atoms with Crippen molar-refractivity contribution in [2.45, 2.75) is 70.2 Å². The molecule has 12 heteroatoms. The van der Waals surface area contributed by atoms with Gasteiger partial charge in [0.1, 0.15) is 17.5 Å². The van der Waals surface area contributed by atoms with E-state index in [2.05, 4.69) is 38.8 Å². The first-order valence-electron chi connectivity index (χ1n) is 12.9. The number of rotatable bonds is 8. The van der Waals surface area contributed by atoms with E-state index >= 15 is 0 Å². The third-order valence-electron chi connectivity index (χ3n) is 7.22. The molecule has 1 unspecified atom stereocenters. The SMILES string of the molecule is CC(C)C(C)(N)Nc1ccc(-c2ccc(C(=O)NS(=O)(=O)c3cccc(N)n3)c(N3[C@H](C)CC[C@@H]3C)n2)cn1. The molecule has 0 aliphatic carbocycles. The Kier molecular flexibility index (Phi) is 7.80. The first-order chi connectivity index (χ1) is 18.3. The summed E-state index contributed by atoms with van der Waals surface area (Å²) in [7, 11) is -4.25. The van der Waals surface area contributed by atoms with Crippen molar-refractivity contribution in [2.24, 2.45) is 11.7 Å². The van der Waals surface area contributed by atoms with E-state index in [0.717, 1.165) is 18.4 Å². The molecule has 208 valence electrons. The summed E-state index contributed by atoms with van der Waals surface area (Å²) in [5.41, 5.74) is 12.8. The van der Waals surface area contributed by atoms with E-state index in [1.165, 1.54) is 18.2 Å². The standard InChI is InChI=1S/C27H36N8O3S/c1-16(2)27(5,29)33-23-14-11-19(15-30-23)21-13-12-20(25(31-21)35-17(3)9-10-18(35)4)26(36)34-39(37,38)24-8-6-7-22(28)32-24/h6-8,11-18H,9-10,29H2,1-5H3,(H2,28,32)(H,30,33)(H,34,36)/t17-,18+,27?. The van der Waals surface area contributed by atoms with Gasteiger partial charge in [0.25, 0.3) is 15.9 Å². The maximum atomic E-state index is 13.3. The molecule has 1 amide bonds. The maximum Gasteiger partial charge on any atom is 0.281 e. The zero-order valence-corrected chi connectivity index (χ0v) is 23.7. The van der Waals surface area contributed by atoms with Crippen molar-refractivity contribution < 1.29 is 13.2 Å². The third-order valence-corrected chi connectivity index (χ3v) is 8.45. The Hall–Kier alpha value is -3.77. The van der Waals surface area contributed by atoms with Crippen LogP contribution < -0.4 is 26.4 Å². The predicted molar refractivity (Wildman–Crippen MR) is 152 cm³/mol. The summed E-state index contributed by atoms with van der Waals surface area (Å²) in [6, 6.07) is 11.4. The normalized spacial score (nSPS) is 19.1. The van der Waals surface area contributed by atoms with Gasteiger partial charge in [-0.25, -0.2) is 19.7 Å². The van der Waals surface area contributed by atoms with Crippen LogP contribution in [0.15, 0.2) is 53.7 Å². The average molecular weight is 553 g/mol. The molecule has 6 N–H and O–H groups in total. The lowest BCUT2D eigenvalue weighted by atomic mass is 9.99. The van der Waals surface area contributed by atoms with Gasteiger partial charge in [-0.3, -0.25) is 4.79 Å². The Labute approximate surface area is 229 Å². The lowest BCUT2D eigenvalue weighted by molar-refractivity contribution is 0.0981. The second-order valence-corrected chi connectivity index (χ2v) is 12.2. The number of nitrogens with zero attached hydrogens (tertiary/aromatic N) is 4. The van der Waals surface area contributed by atoms with Gasteiger partial charge >= 0.3 is 0 Å². The van der Waals surface area contributed by atoms with Crippen LogP contribution in [0.25, 0.3) is 11.3 Å². The minimum absolute atomic E-state index is 0.0341. The number of amides is 1. The smallest absolute Gasteiger partial charge is 0.281 e. The average Bonchev–Trinajstić information content (AvgIpc) is 3.21. The third kappa shape index (κ3) is 6.12. The van der Waals surface area contributed by atoms with Crippen LogP contribution in [0, 0.1) is 5.92 Å². The molecule has 4 rings (SSSR count). The quantitative estimate of drug-likeness (QED) is 0.304. The van der Waals surface area contributed by atoms with Crippen molar-refractivity contribution in [1.82, 2.24) is 19.7 Å². The molecular weight excluding hydrogens is 516 g/mol. The molecule has 1 saturated heterocycles. The van der Waals surface area contributed by atoms with Crippen LogP contribution in [0.1, 0.15) is 57.8 Å². The first-order valence-corrected chi connectivity index (χ1v) is 14.4. The van der Waals surface area contributed by atoms with E-state index in [1.807, 2.05) is 32.9 Å². The van der Waals surface area contributed by atoms with Crippen molar-refractivity contribution in [3.8, 4) is 11.3 Å². The summed E-state index contributed by atoms with van der Waals surface area (Å²) < 4.78 is 27.9. The van der Waals surface area contributed by atoms with E-state index in [1.54, 1.807) is 18.3 Å². The Morgan fingerprint density at radius 2 is 1.77 bits per heavy atom. The van der Waals surface area contributed by atoms with Gasteiger partial charge in [0.2, 0.25) is 0 Å². The molecule has 0 saturated carbocycles. The molecule has 0 radical (unpaired) electrons. The Bertz CT molecular complexity index is 1450. The summed E-state index contributed by atoms with van der Waals surface area (Å²) in [6.45, 7) is 10.1. The first kappa shape index (κ1) is 28.2. The monoisotopic (exact) mass is 552 g/mol. The highest BCUT2D eigenvalue weighted by Crippen LogP contribution is 2.33. The number of nitrogens with one attached hydrogen (secondary N) is 2. The molecule has 1 fully saturated rings. The molecule has 0 aromatic carbocycles. The molecule has 3 atom stereocenters. The number of pyridine rings is 3. The van der Waals surface area contributed by atoms with Gasteiger partial charge in [-0.2, -0.15) is 8.42 Å². The number of anilines is 3. The van der Waals surface area contributed by atoms with Crippen LogP contribution in [0.5, 0.6) is 0 Å². The topological polar surface area (TPSA) is 169 Å². The van der Waals surface area contributed by atoms with Gasteiger partial charge < -0.3 is 21.7 Å². The van der Waals surface area contributed by atoms with E-state index in [-0.39, 0.29) is 34.4 Å². The Morgan fingerprint density at radius 1 is 1.08 bits per heavy atom. The summed E-state index contributed by atoms with van der Waals surface area (Å²) in [4.78, 5) is 28.6. The summed E-state index contributed by atoms with van der Waals surface area (Å²) in [6.07, 6.45) is 3.54. The van der Waals surface area contributed by atoms with Gasteiger partial charge in [-0.15, -0.1) is 0 Å². The van der Waals surface area contributed by atoms with Gasteiger partial charge in [-0.1, -0.05) is 19.9 Å². The maximum absolute atomic E-state index is 13.3. The van der Waals surface area contributed by atoms with E-state index < -0.39 is 21.6 Å². The molecule has 1 aliphatic heterocycles. The Morgan fingerprint density at radius 3 is 2.36 bits per heavy atom. The number of hydrogen-bond acceptors (Lipinski definition) is 10. The molecule has 4 heterocycles. The molecular formula is C27H36N8O3S. The van der Waals surface area contributed by atoms with Gasteiger partial charge in [0, 0.05) is 23.8 Å². The summed E-state index contributed by atoms with van der Waals surface area (Å²) in [5.74, 6) is 0.468. The van der Waals surface area contributed by atoms with Crippen molar-refractivity contribution in [2.75, 3.05) is 16.0 Å². The fourth-order valence-electron chi connectivity index (χ4n) is 4.45. The molecule has 3 aromatic heterocycles. The van der Waals surface area contributed by atoms with Crippen LogP contribution in [-0.2, 0) is 10.0 Å². The zero-order chi connectivity index (χ0) is 28.5. The number of nitrogens with two attached hydrogens (primary N) is 2. The number of nitrogen functional groups attached to an aromatic ring is 1. The van der Waals surface area contributed by atoms with Gasteiger partial charge in [-0.05, 0) is 75.9 Å². The van der Waals surface area contributed by atoms with Gasteiger partial charge in [0.15, 0.2) is 5.03 Å². The van der Waals surface area contributed by atoms with Crippen LogP contribution in [0.4, 0.5) is 17.5 Å². The largest absolute Gasteiger partial charge is 0.384 e. The highest BCUT2D eigenvalue weighted by Gasteiger charge is 2.33. The summed E-state index contributed by atoms with van der Waals surface area (Å²) >= 11 is 0. The molecule has 0 spiro atoms. The number of sulfonamides is 1. The molecule has 0 bridgehead atoms. The fourth-order valence-corrected chi connectivity index (χ4v) is 5.39. The summed E-state index contributed by atoms with van der Waals surface area (Å²) in [5, 5.41) is 2.90. The van der Waals surface area contributed by atoms with Crippen LogP contribution in [-0.4, -0.2) is 47.0 Å². The number of aromatic nitrogens is 3. The van der Waals surface area contributed by atoms with Crippen molar-refractivity contribution in [3.05, 3.63) is 54.2 Å². The highest BCUT2D eigenvalue weighted by atomic mass is 32.2. The molecule has 1 aliphatic rings. The van der Waals surface area contributed by atoms with Crippen molar-refractivity contribution >= 4 is 33.4 Å². The number of carbonyl (C=O) groups is 1. The predicted octanol–water partition coefficient (Wildman–Crippen LogP) is 3.36.